The molecular formula is C14H9ClF2O2. The fraction of sp³-hybridized carbons (Fsp3) is 0.0714. The van der Waals surface area contributed by atoms with Crippen molar-refractivity contribution in [1.82, 2.24) is 0 Å². The predicted octanol–water partition coefficient (Wildman–Crippen LogP) is 3.92. The second-order valence-corrected chi connectivity index (χ2v) is 4.15. The quantitative estimate of drug-likeness (QED) is 0.795. The fourth-order valence-corrected chi connectivity index (χ4v) is 1.74. The Kier molecular flexibility index (Phi) is 4.12. The zero-order chi connectivity index (χ0) is 13.8. The Morgan fingerprint density at radius 2 is 1.68 bits per heavy atom. The van der Waals surface area contributed by atoms with Gasteiger partial charge in [-0.2, -0.15) is 0 Å². The Morgan fingerprint density at radius 1 is 1.11 bits per heavy atom. The van der Waals surface area contributed by atoms with Crippen LogP contribution >= 0.6 is 11.6 Å². The van der Waals surface area contributed by atoms with Crippen molar-refractivity contribution in [1.29, 1.82) is 0 Å². The average molecular weight is 283 g/mol. The van der Waals surface area contributed by atoms with Crippen molar-refractivity contribution in [3.63, 3.8) is 0 Å². The largest absolute Gasteiger partial charge is 0.489 e. The molecule has 0 unspecified atom stereocenters. The van der Waals surface area contributed by atoms with Crippen LogP contribution < -0.4 is 4.74 Å². The molecule has 19 heavy (non-hydrogen) atoms. The first kappa shape index (κ1) is 13.5. The molecule has 0 heterocycles. The molecule has 0 atom stereocenters. The van der Waals surface area contributed by atoms with Crippen LogP contribution in [0.2, 0.25) is 0 Å². The SMILES string of the molecule is O=C(Cl)c1c(F)cc(OCc2ccccc2)cc1F. The van der Waals surface area contributed by atoms with Gasteiger partial charge in [-0.05, 0) is 17.2 Å². The van der Waals surface area contributed by atoms with Gasteiger partial charge in [-0.25, -0.2) is 8.78 Å². The number of halogens is 3. The van der Waals surface area contributed by atoms with Gasteiger partial charge in [-0.3, -0.25) is 4.79 Å². The third-order valence-electron chi connectivity index (χ3n) is 2.46. The molecule has 0 bridgehead atoms. The Balaban J connectivity index is 2.16. The molecule has 2 aromatic carbocycles. The van der Waals surface area contributed by atoms with E-state index in [1.807, 2.05) is 30.3 Å². The van der Waals surface area contributed by atoms with E-state index >= 15 is 0 Å². The summed E-state index contributed by atoms with van der Waals surface area (Å²) in [5.74, 6) is -2.08. The monoisotopic (exact) mass is 282 g/mol. The minimum Gasteiger partial charge on any atom is -0.489 e. The van der Waals surface area contributed by atoms with Crippen LogP contribution in [0.25, 0.3) is 0 Å². The minimum atomic E-state index is -1.18. The standard InChI is InChI=1S/C14H9ClF2O2/c15-14(18)13-11(16)6-10(7-12(13)17)19-8-9-4-2-1-3-5-9/h1-7H,8H2. The van der Waals surface area contributed by atoms with Gasteiger partial charge in [0.25, 0.3) is 5.24 Å². The van der Waals surface area contributed by atoms with Gasteiger partial charge >= 0.3 is 0 Å². The summed E-state index contributed by atoms with van der Waals surface area (Å²) in [5, 5.41) is -1.18. The number of ether oxygens (including phenoxy) is 1. The number of carbonyl (C=O) groups is 1. The van der Waals surface area contributed by atoms with E-state index in [2.05, 4.69) is 0 Å². The molecule has 0 fully saturated rings. The first-order valence-corrected chi connectivity index (χ1v) is 5.81. The zero-order valence-corrected chi connectivity index (χ0v) is 10.5. The molecule has 2 nitrogen and oxygen atoms in total. The van der Waals surface area contributed by atoms with Crippen LogP contribution in [0.1, 0.15) is 15.9 Å². The Morgan fingerprint density at radius 3 is 2.21 bits per heavy atom. The molecule has 98 valence electrons. The van der Waals surface area contributed by atoms with E-state index < -0.39 is 22.4 Å². The summed E-state index contributed by atoms with van der Waals surface area (Å²) >= 11 is 5.08. The molecule has 2 rings (SSSR count). The summed E-state index contributed by atoms with van der Waals surface area (Å²) in [6.07, 6.45) is 0. The molecule has 0 saturated heterocycles. The van der Waals surface area contributed by atoms with E-state index in [-0.39, 0.29) is 12.4 Å². The predicted molar refractivity (Wildman–Crippen MR) is 67.3 cm³/mol. The lowest BCUT2D eigenvalue weighted by Crippen LogP contribution is -2.02. The molecule has 0 amide bonds. The van der Waals surface area contributed by atoms with Gasteiger partial charge in [-0.15, -0.1) is 0 Å². The van der Waals surface area contributed by atoms with E-state index in [9.17, 15) is 13.6 Å². The van der Waals surface area contributed by atoms with E-state index in [1.165, 1.54) is 0 Å². The summed E-state index contributed by atoms with van der Waals surface area (Å²) in [6, 6.07) is 11.0. The van der Waals surface area contributed by atoms with Crippen LogP contribution in [0.4, 0.5) is 8.78 Å². The highest BCUT2D eigenvalue weighted by molar-refractivity contribution is 6.67. The first-order chi connectivity index (χ1) is 9.08. The molecule has 0 aliphatic carbocycles. The van der Waals surface area contributed by atoms with Crippen molar-refractivity contribution in [3.05, 3.63) is 65.2 Å². The second-order valence-electron chi connectivity index (χ2n) is 3.81. The summed E-state index contributed by atoms with van der Waals surface area (Å²) in [4.78, 5) is 10.8. The molecule has 0 spiro atoms. The van der Waals surface area contributed by atoms with E-state index in [1.54, 1.807) is 0 Å². The van der Waals surface area contributed by atoms with Crippen LogP contribution in [-0.4, -0.2) is 5.24 Å². The van der Waals surface area contributed by atoms with E-state index in [4.69, 9.17) is 16.3 Å². The van der Waals surface area contributed by atoms with Crippen LogP contribution in [0.15, 0.2) is 42.5 Å². The summed E-state index contributed by atoms with van der Waals surface area (Å²) in [7, 11) is 0. The zero-order valence-electron chi connectivity index (χ0n) is 9.70. The highest BCUT2D eigenvalue weighted by atomic mass is 35.5. The third kappa shape index (κ3) is 3.29. The molecule has 5 heteroatoms. The maximum atomic E-state index is 13.5. The lowest BCUT2D eigenvalue weighted by Gasteiger charge is -2.08. The Hall–Kier alpha value is -1.94. The van der Waals surface area contributed by atoms with Crippen molar-refractivity contribution in [2.24, 2.45) is 0 Å². The van der Waals surface area contributed by atoms with Crippen molar-refractivity contribution >= 4 is 16.8 Å². The van der Waals surface area contributed by atoms with Gasteiger partial charge in [0.05, 0.1) is 0 Å². The van der Waals surface area contributed by atoms with Gasteiger partial charge < -0.3 is 4.74 Å². The van der Waals surface area contributed by atoms with Crippen LogP contribution in [0.3, 0.4) is 0 Å². The van der Waals surface area contributed by atoms with E-state index in [0.29, 0.717) is 0 Å². The second kappa shape index (κ2) is 5.80. The van der Waals surface area contributed by atoms with Gasteiger partial charge in [0.1, 0.15) is 29.6 Å². The van der Waals surface area contributed by atoms with Gasteiger partial charge in [0, 0.05) is 12.1 Å². The smallest absolute Gasteiger partial charge is 0.258 e. The Bertz CT molecular complexity index is 577. The Labute approximate surface area is 113 Å². The molecule has 0 N–H and O–H groups in total. The lowest BCUT2D eigenvalue weighted by atomic mass is 10.2. The molecule has 0 saturated carbocycles. The van der Waals surface area contributed by atoms with E-state index in [0.717, 1.165) is 17.7 Å². The summed E-state index contributed by atoms with van der Waals surface area (Å²) in [5.41, 5.74) is 0.0922. The first-order valence-electron chi connectivity index (χ1n) is 5.43. The fourth-order valence-electron chi connectivity index (χ4n) is 1.56. The van der Waals surface area contributed by atoms with Gasteiger partial charge in [0.15, 0.2) is 0 Å². The maximum absolute atomic E-state index is 13.5. The van der Waals surface area contributed by atoms with Gasteiger partial charge in [0.2, 0.25) is 0 Å². The molecule has 0 aliphatic heterocycles. The number of hydrogen-bond acceptors (Lipinski definition) is 2. The van der Waals surface area contributed by atoms with Gasteiger partial charge in [-0.1, -0.05) is 30.3 Å². The molecular weight excluding hydrogens is 274 g/mol. The average Bonchev–Trinajstić information content (AvgIpc) is 2.36. The lowest BCUT2D eigenvalue weighted by molar-refractivity contribution is 0.107. The normalized spacial score (nSPS) is 10.3. The number of benzene rings is 2. The maximum Gasteiger partial charge on any atom is 0.258 e. The molecule has 0 radical (unpaired) electrons. The van der Waals surface area contributed by atoms with Crippen molar-refractivity contribution in [2.75, 3.05) is 0 Å². The van der Waals surface area contributed by atoms with Crippen LogP contribution in [0, 0.1) is 11.6 Å². The highest BCUT2D eigenvalue weighted by Gasteiger charge is 2.17. The van der Waals surface area contributed by atoms with Crippen LogP contribution in [-0.2, 0) is 6.61 Å². The minimum absolute atomic E-state index is 0.000481. The molecule has 2 aromatic rings. The topological polar surface area (TPSA) is 26.3 Å². The van der Waals surface area contributed by atoms with Crippen molar-refractivity contribution in [3.8, 4) is 5.75 Å². The number of hydrogen-bond donors (Lipinski definition) is 0. The van der Waals surface area contributed by atoms with Crippen molar-refractivity contribution in [2.45, 2.75) is 6.61 Å². The number of carbonyl (C=O) groups excluding carboxylic acids is 1. The molecule has 0 aliphatic rings. The summed E-state index contributed by atoms with van der Waals surface area (Å²) < 4.78 is 32.2. The molecule has 0 aromatic heterocycles. The third-order valence-corrected chi connectivity index (χ3v) is 2.65. The number of rotatable bonds is 4. The van der Waals surface area contributed by atoms with Crippen molar-refractivity contribution < 1.29 is 18.3 Å². The highest BCUT2D eigenvalue weighted by Crippen LogP contribution is 2.22. The van der Waals surface area contributed by atoms with Crippen LogP contribution in [0.5, 0.6) is 5.75 Å². The summed E-state index contributed by atoms with van der Waals surface area (Å²) in [6.45, 7) is 0.174.